The summed E-state index contributed by atoms with van der Waals surface area (Å²) in [7, 11) is 0. The molecule has 0 aromatic rings. The third-order valence-electron chi connectivity index (χ3n) is 5.33. The van der Waals surface area contributed by atoms with Crippen molar-refractivity contribution in [3.05, 3.63) is 0 Å². The largest absolute Gasteiger partial charge is 0.481 e. The Kier molecular flexibility index (Phi) is 2.14. The molecule has 104 valence electrons. The number of ether oxygens (including phenoxy) is 3. The summed E-state index contributed by atoms with van der Waals surface area (Å²) in [5.41, 5.74) is -0.931. The first-order chi connectivity index (χ1) is 9.08. The molecule has 4 fully saturated rings. The smallest absolute Gasteiger partial charge is 0.313 e. The highest BCUT2D eigenvalue weighted by molar-refractivity contribution is 5.88. The number of hydrogen-bond donors (Lipinski definition) is 1. The maximum Gasteiger partial charge on any atom is 0.313 e. The zero-order chi connectivity index (χ0) is 13.3. The number of carboxylic acid groups (broad SMARTS) is 1. The topological polar surface area (TPSA) is 82.1 Å². The van der Waals surface area contributed by atoms with Crippen LogP contribution < -0.4 is 0 Å². The average molecular weight is 268 g/mol. The van der Waals surface area contributed by atoms with Crippen molar-refractivity contribution >= 4 is 11.9 Å². The van der Waals surface area contributed by atoms with Crippen molar-refractivity contribution in [1.82, 2.24) is 0 Å². The number of carboxylic acids is 1. The van der Waals surface area contributed by atoms with Crippen LogP contribution in [-0.2, 0) is 23.8 Å². The first kappa shape index (κ1) is 11.7. The molecule has 1 N–H and O–H groups in total. The molecule has 0 amide bonds. The minimum Gasteiger partial charge on any atom is -0.481 e. The van der Waals surface area contributed by atoms with E-state index in [9.17, 15) is 14.7 Å². The number of rotatable bonds is 1. The first-order valence-corrected chi connectivity index (χ1v) is 6.80. The van der Waals surface area contributed by atoms with Gasteiger partial charge in [0.1, 0.15) is 6.10 Å². The van der Waals surface area contributed by atoms with E-state index in [1.165, 1.54) is 0 Å². The minimum atomic E-state index is -0.944. The Bertz CT molecular complexity index is 454. The standard InChI is InChI=1S/C13H16O6/c14-10(15)8-6-13(17-3-4-18-13)9-2-1-7-5-12(8,9)11(16)19-7/h7-9H,1-6H2,(H,14,15)/t7-,8-,9+,12+/m0/s1. The van der Waals surface area contributed by atoms with Crippen molar-refractivity contribution in [1.29, 1.82) is 0 Å². The fourth-order valence-electron chi connectivity index (χ4n) is 4.66. The Labute approximate surface area is 110 Å². The number of carbonyl (C=O) groups is 2. The molecule has 2 heterocycles. The minimum absolute atomic E-state index is 0.123. The Morgan fingerprint density at radius 3 is 2.63 bits per heavy atom. The summed E-state index contributed by atoms with van der Waals surface area (Å²) in [6.45, 7) is 0.939. The molecule has 2 spiro atoms. The van der Waals surface area contributed by atoms with Gasteiger partial charge in [-0.25, -0.2) is 0 Å². The Hall–Kier alpha value is -1.14. The second-order valence-electron chi connectivity index (χ2n) is 6.01. The molecule has 6 heteroatoms. The van der Waals surface area contributed by atoms with E-state index in [1.807, 2.05) is 0 Å². The van der Waals surface area contributed by atoms with Crippen LogP contribution in [0, 0.1) is 17.3 Å². The van der Waals surface area contributed by atoms with E-state index >= 15 is 0 Å². The van der Waals surface area contributed by atoms with Crippen LogP contribution in [0.5, 0.6) is 0 Å². The molecule has 0 unspecified atom stereocenters. The second kappa shape index (κ2) is 3.49. The molecule has 2 bridgehead atoms. The van der Waals surface area contributed by atoms with Crippen molar-refractivity contribution in [2.45, 2.75) is 37.6 Å². The zero-order valence-electron chi connectivity index (χ0n) is 10.5. The predicted molar refractivity (Wildman–Crippen MR) is 60.0 cm³/mol. The molecular formula is C13H16O6. The van der Waals surface area contributed by atoms with Crippen LogP contribution in [0.3, 0.4) is 0 Å². The number of aliphatic carboxylic acids is 1. The van der Waals surface area contributed by atoms with Crippen molar-refractivity contribution in [3.63, 3.8) is 0 Å². The van der Waals surface area contributed by atoms with Crippen LogP contribution >= 0.6 is 0 Å². The summed E-state index contributed by atoms with van der Waals surface area (Å²) in [5, 5.41) is 9.51. The molecule has 19 heavy (non-hydrogen) atoms. The summed E-state index contributed by atoms with van der Waals surface area (Å²) in [6.07, 6.45) is 2.15. The summed E-state index contributed by atoms with van der Waals surface area (Å²) in [6, 6.07) is 0. The highest BCUT2D eigenvalue weighted by atomic mass is 16.7. The van der Waals surface area contributed by atoms with E-state index < -0.39 is 23.1 Å². The lowest BCUT2D eigenvalue weighted by molar-refractivity contribution is -0.198. The zero-order valence-corrected chi connectivity index (χ0v) is 10.5. The average Bonchev–Trinajstić information content (AvgIpc) is 3.01. The lowest BCUT2D eigenvalue weighted by atomic mass is 9.64. The SMILES string of the molecule is O=C(O)[C@@H]1CC2(OCCO2)[C@@H]2CC[C@H]3C[C@@]12C(=O)O3. The van der Waals surface area contributed by atoms with Crippen LogP contribution in [0.2, 0.25) is 0 Å². The van der Waals surface area contributed by atoms with E-state index in [4.69, 9.17) is 14.2 Å². The fraction of sp³-hybridized carbons (Fsp3) is 0.846. The monoisotopic (exact) mass is 268 g/mol. The lowest BCUT2D eigenvalue weighted by Gasteiger charge is -2.38. The number of fused-ring (bicyclic) bond motifs is 2. The Balaban J connectivity index is 1.84. The van der Waals surface area contributed by atoms with Gasteiger partial charge in [0.2, 0.25) is 0 Å². The molecule has 0 aromatic heterocycles. The predicted octanol–water partition coefficient (Wildman–Crippen LogP) is 0.546. The molecule has 2 saturated heterocycles. The van der Waals surface area contributed by atoms with Crippen LogP contribution in [0.4, 0.5) is 0 Å². The van der Waals surface area contributed by atoms with Gasteiger partial charge in [0.15, 0.2) is 5.79 Å². The third kappa shape index (κ3) is 1.24. The van der Waals surface area contributed by atoms with E-state index in [1.54, 1.807) is 0 Å². The van der Waals surface area contributed by atoms with Gasteiger partial charge in [-0.05, 0) is 12.8 Å². The highest BCUT2D eigenvalue weighted by Gasteiger charge is 2.74. The highest BCUT2D eigenvalue weighted by Crippen LogP contribution is 2.65. The second-order valence-corrected chi connectivity index (χ2v) is 6.01. The molecule has 4 aliphatic rings. The molecule has 0 radical (unpaired) electrons. The van der Waals surface area contributed by atoms with Crippen LogP contribution in [-0.4, -0.2) is 42.1 Å². The molecule has 4 rings (SSSR count). The van der Waals surface area contributed by atoms with Gasteiger partial charge in [0, 0.05) is 18.8 Å². The Morgan fingerprint density at radius 1 is 1.21 bits per heavy atom. The molecule has 6 nitrogen and oxygen atoms in total. The van der Waals surface area contributed by atoms with Gasteiger partial charge in [-0.2, -0.15) is 0 Å². The first-order valence-electron chi connectivity index (χ1n) is 6.80. The van der Waals surface area contributed by atoms with Crippen LogP contribution in [0.25, 0.3) is 0 Å². The summed E-state index contributed by atoms with van der Waals surface area (Å²) in [5.74, 6) is -3.12. The number of hydrogen-bond acceptors (Lipinski definition) is 5. The van der Waals surface area contributed by atoms with E-state index in [-0.39, 0.29) is 24.4 Å². The summed E-state index contributed by atoms with van der Waals surface area (Å²) >= 11 is 0. The van der Waals surface area contributed by atoms with Gasteiger partial charge in [-0.1, -0.05) is 0 Å². The van der Waals surface area contributed by atoms with Gasteiger partial charge < -0.3 is 19.3 Å². The van der Waals surface area contributed by atoms with Gasteiger partial charge in [0.05, 0.1) is 24.5 Å². The number of carbonyl (C=O) groups excluding carboxylic acids is 1. The molecule has 0 aromatic carbocycles. The van der Waals surface area contributed by atoms with E-state index in [0.717, 1.165) is 12.8 Å². The van der Waals surface area contributed by atoms with Gasteiger partial charge in [0.25, 0.3) is 0 Å². The number of esters is 1. The van der Waals surface area contributed by atoms with Gasteiger partial charge >= 0.3 is 11.9 Å². The molecular weight excluding hydrogens is 252 g/mol. The van der Waals surface area contributed by atoms with Gasteiger partial charge in [-0.3, -0.25) is 9.59 Å². The van der Waals surface area contributed by atoms with Crippen LogP contribution in [0.1, 0.15) is 25.7 Å². The third-order valence-corrected chi connectivity index (χ3v) is 5.33. The molecule has 2 saturated carbocycles. The van der Waals surface area contributed by atoms with Crippen LogP contribution in [0.15, 0.2) is 0 Å². The van der Waals surface area contributed by atoms with Gasteiger partial charge in [-0.15, -0.1) is 0 Å². The molecule has 2 aliphatic heterocycles. The Morgan fingerprint density at radius 2 is 1.95 bits per heavy atom. The van der Waals surface area contributed by atoms with Crippen molar-refractivity contribution < 1.29 is 28.9 Å². The molecule has 4 atom stereocenters. The fourth-order valence-corrected chi connectivity index (χ4v) is 4.66. The van der Waals surface area contributed by atoms with Crippen molar-refractivity contribution in [3.8, 4) is 0 Å². The van der Waals surface area contributed by atoms with E-state index in [2.05, 4.69) is 0 Å². The summed E-state index contributed by atoms with van der Waals surface area (Å²) < 4.78 is 16.9. The summed E-state index contributed by atoms with van der Waals surface area (Å²) in [4.78, 5) is 23.9. The molecule has 2 aliphatic carbocycles. The van der Waals surface area contributed by atoms with E-state index in [0.29, 0.717) is 19.6 Å². The lowest BCUT2D eigenvalue weighted by Crippen LogP contribution is -2.46. The van der Waals surface area contributed by atoms with Crippen molar-refractivity contribution in [2.24, 2.45) is 17.3 Å². The maximum atomic E-state index is 12.3. The normalized spacial score (nSPS) is 46.3. The maximum absolute atomic E-state index is 12.3. The van der Waals surface area contributed by atoms with Crippen molar-refractivity contribution in [2.75, 3.05) is 13.2 Å². The quantitative estimate of drug-likeness (QED) is 0.699.